The summed E-state index contributed by atoms with van der Waals surface area (Å²) in [6.45, 7) is -0.303. The summed E-state index contributed by atoms with van der Waals surface area (Å²) >= 11 is 0. The predicted molar refractivity (Wildman–Crippen MR) is 44.0 cm³/mol. The highest BCUT2D eigenvalue weighted by Crippen LogP contribution is 2.22. The van der Waals surface area contributed by atoms with Gasteiger partial charge in [0.15, 0.2) is 0 Å². The molecule has 0 amide bonds. The third-order valence-electron chi connectivity index (χ3n) is 1.74. The number of carbonyl (C=O) groups is 1. The molecule has 15 heavy (non-hydrogen) atoms. The minimum Gasteiger partial charge on any atom is -0.478 e. The molecule has 0 saturated carbocycles. The molecule has 0 aromatic carbocycles. The lowest BCUT2D eigenvalue weighted by Crippen LogP contribution is -2.11. The van der Waals surface area contributed by atoms with Crippen LogP contribution in [0.5, 0.6) is 0 Å². The van der Waals surface area contributed by atoms with Crippen LogP contribution in [0.1, 0.15) is 28.0 Å². The number of aromatic carboxylic acids is 1. The number of hydrogen-bond acceptors (Lipinski definition) is 3. The average molecular weight is 220 g/mol. The molecule has 0 bridgehead atoms. The zero-order valence-corrected chi connectivity index (χ0v) is 7.38. The van der Waals surface area contributed by atoms with Gasteiger partial charge in [-0.25, -0.2) is 18.6 Å². The Kier molecular flexibility index (Phi) is 3.25. The third-order valence-corrected chi connectivity index (χ3v) is 1.74. The van der Waals surface area contributed by atoms with Crippen molar-refractivity contribution in [2.45, 2.75) is 13.0 Å². The van der Waals surface area contributed by atoms with Gasteiger partial charge >= 0.3 is 5.97 Å². The summed E-state index contributed by atoms with van der Waals surface area (Å²) in [5.74, 6) is -2.76. The van der Waals surface area contributed by atoms with Crippen molar-refractivity contribution < 1.29 is 23.1 Å². The molecule has 0 fully saturated rings. The molecule has 82 valence electrons. The molecule has 0 spiro atoms. The summed E-state index contributed by atoms with van der Waals surface area (Å²) in [5, 5.41) is 8.59. The van der Waals surface area contributed by atoms with E-state index < -0.39 is 29.6 Å². The lowest BCUT2D eigenvalue weighted by atomic mass is 10.1. The van der Waals surface area contributed by atoms with E-state index in [1.165, 1.54) is 0 Å². The zero-order chi connectivity index (χ0) is 11.6. The fourth-order valence-corrected chi connectivity index (χ4v) is 1.03. The van der Waals surface area contributed by atoms with Gasteiger partial charge in [-0.15, -0.1) is 0 Å². The van der Waals surface area contributed by atoms with Crippen molar-refractivity contribution in [3.05, 3.63) is 28.8 Å². The van der Waals surface area contributed by atoms with Crippen LogP contribution >= 0.6 is 0 Å². The van der Waals surface area contributed by atoms with Crippen LogP contribution in [0.4, 0.5) is 13.2 Å². The predicted octanol–water partition coefficient (Wildman–Crippen LogP) is 1.32. The molecular formula is C8H7F3N2O2. The largest absolute Gasteiger partial charge is 0.478 e. The summed E-state index contributed by atoms with van der Waals surface area (Å²) in [6, 6.07) is 0.770. The number of carboxylic acid groups (broad SMARTS) is 1. The number of rotatable bonds is 3. The Morgan fingerprint density at radius 1 is 1.60 bits per heavy atom. The molecule has 7 heteroatoms. The van der Waals surface area contributed by atoms with E-state index in [9.17, 15) is 18.0 Å². The van der Waals surface area contributed by atoms with Gasteiger partial charge in [-0.2, -0.15) is 4.39 Å². The number of carboxylic acids is 1. The fourth-order valence-electron chi connectivity index (χ4n) is 1.03. The number of aromatic nitrogens is 1. The second-order valence-corrected chi connectivity index (χ2v) is 2.68. The van der Waals surface area contributed by atoms with E-state index in [1.54, 1.807) is 0 Å². The first-order valence-corrected chi connectivity index (χ1v) is 3.88. The lowest BCUT2D eigenvalue weighted by molar-refractivity contribution is 0.0681. The highest BCUT2D eigenvalue weighted by molar-refractivity contribution is 5.89. The van der Waals surface area contributed by atoms with Crippen molar-refractivity contribution in [1.29, 1.82) is 0 Å². The van der Waals surface area contributed by atoms with Crippen LogP contribution < -0.4 is 5.73 Å². The van der Waals surface area contributed by atoms with Gasteiger partial charge in [-0.1, -0.05) is 0 Å². The first-order valence-electron chi connectivity index (χ1n) is 3.88. The maximum Gasteiger partial charge on any atom is 0.337 e. The Bertz CT molecular complexity index is 396. The summed E-state index contributed by atoms with van der Waals surface area (Å²) in [7, 11) is 0. The first-order chi connectivity index (χ1) is 6.97. The topological polar surface area (TPSA) is 76.2 Å². The Labute approximate surface area is 82.5 Å². The molecule has 4 nitrogen and oxygen atoms in total. The van der Waals surface area contributed by atoms with Gasteiger partial charge < -0.3 is 10.8 Å². The highest BCUT2D eigenvalue weighted by atomic mass is 19.3. The summed E-state index contributed by atoms with van der Waals surface area (Å²) in [5.41, 5.74) is 3.06. The van der Waals surface area contributed by atoms with Crippen LogP contribution in [0, 0.1) is 5.95 Å². The Hall–Kier alpha value is -1.63. The highest BCUT2D eigenvalue weighted by Gasteiger charge is 2.22. The number of nitrogens with two attached hydrogens (primary N) is 1. The number of pyridine rings is 1. The van der Waals surface area contributed by atoms with Crippen LogP contribution in [-0.2, 0) is 6.54 Å². The second-order valence-electron chi connectivity index (χ2n) is 2.68. The van der Waals surface area contributed by atoms with E-state index in [2.05, 4.69) is 4.98 Å². The number of nitrogens with zero attached hydrogens (tertiary/aromatic N) is 1. The molecule has 0 aliphatic heterocycles. The van der Waals surface area contributed by atoms with Crippen LogP contribution in [0.25, 0.3) is 0 Å². The van der Waals surface area contributed by atoms with Crippen LogP contribution in [0.3, 0.4) is 0 Å². The molecule has 0 radical (unpaired) electrons. The quantitative estimate of drug-likeness (QED) is 0.753. The molecule has 1 aromatic rings. The number of hydrogen-bond donors (Lipinski definition) is 2. The van der Waals surface area contributed by atoms with Crippen LogP contribution in [0.15, 0.2) is 6.07 Å². The molecule has 0 unspecified atom stereocenters. The van der Waals surface area contributed by atoms with E-state index in [0.717, 1.165) is 6.07 Å². The zero-order valence-electron chi connectivity index (χ0n) is 7.38. The van der Waals surface area contributed by atoms with Crippen molar-refractivity contribution in [1.82, 2.24) is 4.98 Å². The maximum atomic E-state index is 12.9. The molecule has 0 saturated heterocycles. The van der Waals surface area contributed by atoms with Gasteiger partial charge in [0.2, 0.25) is 5.95 Å². The van der Waals surface area contributed by atoms with E-state index in [0.29, 0.717) is 0 Å². The van der Waals surface area contributed by atoms with E-state index in [1.807, 2.05) is 0 Å². The minimum atomic E-state index is -3.14. The van der Waals surface area contributed by atoms with E-state index in [-0.39, 0.29) is 12.1 Å². The molecule has 1 aromatic heterocycles. The van der Waals surface area contributed by atoms with Gasteiger partial charge in [-0.3, -0.25) is 0 Å². The maximum absolute atomic E-state index is 12.9. The molecule has 0 aliphatic carbocycles. The summed E-state index contributed by atoms with van der Waals surface area (Å²) in [4.78, 5) is 13.5. The fraction of sp³-hybridized carbons (Fsp3) is 0.250. The standard InChI is InChI=1S/C8H7F3N2O2/c9-6(10)5-4(8(14)15)1-3(2-12)7(11)13-5/h1,6H,2,12H2,(H,14,15). The van der Waals surface area contributed by atoms with E-state index in [4.69, 9.17) is 10.8 Å². The van der Waals surface area contributed by atoms with Crippen LogP contribution in [0.2, 0.25) is 0 Å². The lowest BCUT2D eigenvalue weighted by Gasteiger charge is -2.06. The molecule has 1 rings (SSSR count). The Balaban J connectivity index is 3.39. The Morgan fingerprint density at radius 2 is 2.20 bits per heavy atom. The molecule has 0 aliphatic rings. The Morgan fingerprint density at radius 3 is 2.60 bits per heavy atom. The van der Waals surface area contributed by atoms with Crippen molar-refractivity contribution in [2.75, 3.05) is 0 Å². The smallest absolute Gasteiger partial charge is 0.337 e. The monoisotopic (exact) mass is 220 g/mol. The molecule has 1 heterocycles. The second kappa shape index (κ2) is 4.26. The molecule has 0 atom stereocenters. The normalized spacial score (nSPS) is 10.7. The van der Waals surface area contributed by atoms with Crippen molar-refractivity contribution in [3.8, 4) is 0 Å². The SMILES string of the molecule is NCc1cc(C(=O)O)c(C(F)F)nc1F. The van der Waals surface area contributed by atoms with Gasteiger partial charge in [-0.05, 0) is 6.07 Å². The van der Waals surface area contributed by atoms with Crippen molar-refractivity contribution in [2.24, 2.45) is 5.73 Å². The van der Waals surface area contributed by atoms with Crippen molar-refractivity contribution >= 4 is 5.97 Å². The summed E-state index contributed by atoms with van der Waals surface area (Å²) in [6.07, 6.45) is -3.14. The van der Waals surface area contributed by atoms with Gasteiger partial charge in [0.1, 0.15) is 5.69 Å². The third kappa shape index (κ3) is 2.24. The number of halogens is 3. The van der Waals surface area contributed by atoms with E-state index >= 15 is 0 Å². The first kappa shape index (κ1) is 11.4. The van der Waals surface area contributed by atoms with Gasteiger partial charge in [0.05, 0.1) is 5.56 Å². The van der Waals surface area contributed by atoms with Gasteiger partial charge in [0.25, 0.3) is 6.43 Å². The van der Waals surface area contributed by atoms with Crippen molar-refractivity contribution in [3.63, 3.8) is 0 Å². The number of alkyl halides is 2. The minimum absolute atomic E-state index is 0.211. The van der Waals surface area contributed by atoms with Gasteiger partial charge in [0, 0.05) is 12.1 Å². The van der Waals surface area contributed by atoms with Crippen LogP contribution in [-0.4, -0.2) is 16.1 Å². The molecule has 3 N–H and O–H groups in total. The molecular weight excluding hydrogens is 213 g/mol. The average Bonchev–Trinajstić information content (AvgIpc) is 2.16. The summed E-state index contributed by atoms with van der Waals surface area (Å²) < 4.78 is 37.5.